The minimum Gasteiger partial charge on any atom is -0.350 e. The predicted octanol–water partition coefficient (Wildman–Crippen LogP) is 4.39. The molecule has 21 heavy (non-hydrogen) atoms. The molecule has 2 atom stereocenters. The third-order valence-electron chi connectivity index (χ3n) is 4.20. The van der Waals surface area contributed by atoms with Crippen LogP contribution in [0.25, 0.3) is 0 Å². The van der Waals surface area contributed by atoms with Crippen molar-refractivity contribution >= 4 is 17.4 Å². The molecular weight excluding hydrogens is 282 g/mol. The fraction of sp³-hybridized carbons (Fsp3) is 0.706. The van der Waals surface area contributed by atoms with Crippen LogP contribution in [-0.2, 0) is 6.54 Å². The van der Waals surface area contributed by atoms with Gasteiger partial charge in [0.15, 0.2) is 0 Å². The van der Waals surface area contributed by atoms with Gasteiger partial charge in [-0.05, 0) is 58.6 Å². The number of nitrogens with zero attached hydrogens (tertiary/aromatic N) is 2. The zero-order valence-electron chi connectivity index (χ0n) is 13.9. The molecule has 0 bridgehead atoms. The Bertz CT molecular complexity index is 481. The van der Waals surface area contributed by atoms with Gasteiger partial charge in [-0.1, -0.05) is 18.5 Å². The molecule has 1 N–H and O–H groups in total. The van der Waals surface area contributed by atoms with E-state index in [4.69, 9.17) is 11.6 Å². The van der Waals surface area contributed by atoms with Gasteiger partial charge in [-0.15, -0.1) is 0 Å². The fourth-order valence-corrected chi connectivity index (χ4v) is 3.26. The minimum atomic E-state index is 0.0991. The lowest BCUT2D eigenvalue weighted by Gasteiger charge is -2.30. The van der Waals surface area contributed by atoms with Gasteiger partial charge in [-0.3, -0.25) is 0 Å². The minimum absolute atomic E-state index is 0.0991. The molecule has 0 spiro atoms. The standard InChI is InChI=1S/C17H28ClN3/c1-6-14-8-7-12(2)21(14)16-15(18)9-13(10-19-16)11-20-17(3,4)5/h9-10,12,14,20H,6-8,11H2,1-5H3. The number of hydrogen-bond donors (Lipinski definition) is 1. The van der Waals surface area contributed by atoms with Crippen molar-refractivity contribution in [3.05, 3.63) is 22.8 Å². The summed E-state index contributed by atoms with van der Waals surface area (Å²) in [6.07, 6.45) is 5.57. The first-order valence-corrected chi connectivity index (χ1v) is 8.37. The van der Waals surface area contributed by atoms with Crippen molar-refractivity contribution in [1.82, 2.24) is 10.3 Å². The number of rotatable bonds is 4. The van der Waals surface area contributed by atoms with E-state index in [1.807, 2.05) is 6.20 Å². The molecular formula is C17H28ClN3. The molecule has 1 aromatic rings. The molecule has 1 aromatic heterocycles. The second-order valence-corrected chi connectivity index (χ2v) is 7.56. The molecule has 2 heterocycles. The number of nitrogens with one attached hydrogen (secondary N) is 1. The Hall–Kier alpha value is -0.800. The van der Waals surface area contributed by atoms with Gasteiger partial charge in [0.2, 0.25) is 0 Å². The Morgan fingerprint density at radius 3 is 2.67 bits per heavy atom. The maximum Gasteiger partial charge on any atom is 0.147 e. The van der Waals surface area contributed by atoms with Gasteiger partial charge in [0.25, 0.3) is 0 Å². The normalized spacial score (nSPS) is 22.9. The lowest BCUT2D eigenvalue weighted by atomic mass is 10.1. The molecule has 1 aliphatic heterocycles. The molecule has 2 unspecified atom stereocenters. The van der Waals surface area contributed by atoms with E-state index in [2.05, 4.69) is 55.9 Å². The smallest absolute Gasteiger partial charge is 0.147 e. The largest absolute Gasteiger partial charge is 0.350 e. The number of pyridine rings is 1. The summed E-state index contributed by atoms with van der Waals surface area (Å²) in [5.74, 6) is 0.952. The van der Waals surface area contributed by atoms with E-state index in [0.29, 0.717) is 12.1 Å². The van der Waals surface area contributed by atoms with Crippen LogP contribution in [0.1, 0.15) is 59.4 Å². The van der Waals surface area contributed by atoms with Gasteiger partial charge in [0.1, 0.15) is 5.82 Å². The molecule has 2 rings (SSSR count). The van der Waals surface area contributed by atoms with Crippen molar-refractivity contribution in [3.8, 4) is 0 Å². The molecule has 1 saturated heterocycles. The first kappa shape index (κ1) is 16.6. The summed E-state index contributed by atoms with van der Waals surface area (Å²) in [6.45, 7) is 11.8. The van der Waals surface area contributed by atoms with Crippen molar-refractivity contribution in [2.75, 3.05) is 4.90 Å². The molecule has 4 heteroatoms. The number of halogens is 1. The summed E-state index contributed by atoms with van der Waals surface area (Å²) in [5.41, 5.74) is 1.24. The summed E-state index contributed by atoms with van der Waals surface area (Å²) in [5, 5.41) is 4.24. The average molecular weight is 310 g/mol. The zero-order valence-corrected chi connectivity index (χ0v) is 14.7. The van der Waals surface area contributed by atoms with Crippen molar-refractivity contribution in [3.63, 3.8) is 0 Å². The van der Waals surface area contributed by atoms with Crippen molar-refractivity contribution in [2.45, 2.75) is 78.0 Å². The molecule has 0 saturated carbocycles. The van der Waals surface area contributed by atoms with Crippen molar-refractivity contribution in [1.29, 1.82) is 0 Å². The summed E-state index contributed by atoms with van der Waals surface area (Å²) in [7, 11) is 0. The lowest BCUT2D eigenvalue weighted by Crippen LogP contribution is -2.36. The Kier molecular flexibility index (Phi) is 5.15. The molecule has 0 amide bonds. The first-order chi connectivity index (χ1) is 9.81. The summed E-state index contributed by atoms with van der Waals surface area (Å²) in [4.78, 5) is 7.07. The summed E-state index contributed by atoms with van der Waals surface area (Å²) >= 11 is 6.52. The van der Waals surface area contributed by atoms with E-state index in [-0.39, 0.29) is 5.54 Å². The molecule has 1 aliphatic rings. The van der Waals surface area contributed by atoms with Crippen LogP contribution in [0, 0.1) is 0 Å². The third kappa shape index (κ3) is 4.10. The van der Waals surface area contributed by atoms with E-state index in [1.165, 1.54) is 12.8 Å². The SMILES string of the molecule is CCC1CCC(C)N1c1ncc(CNC(C)(C)C)cc1Cl. The van der Waals surface area contributed by atoms with E-state index in [9.17, 15) is 0 Å². The van der Waals surface area contributed by atoms with E-state index >= 15 is 0 Å². The van der Waals surface area contributed by atoms with E-state index < -0.39 is 0 Å². The van der Waals surface area contributed by atoms with Crippen molar-refractivity contribution < 1.29 is 0 Å². The van der Waals surface area contributed by atoms with E-state index in [0.717, 1.165) is 29.4 Å². The number of hydrogen-bond acceptors (Lipinski definition) is 3. The molecule has 0 radical (unpaired) electrons. The average Bonchev–Trinajstić information content (AvgIpc) is 2.77. The quantitative estimate of drug-likeness (QED) is 0.894. The second kappa shape index (κ2) is 6.53. The first-order valence-electron chi connectivity index (χ1n) is 7.99. The van der Waals surface area contributed by atoms with Crippen molar-refractivity contribution in [2.24, 2.45) is 0 Å². The van der Waals surface area contributed by atoms with Gasteiger partial charge in [0.05, 0.1) is 5.02 Å². The topological polar surface area (TPSA) is 28.2 Å². The Morgan fingerprint density at radius 1 is 1.38 bits per heavy atom. The highest BCUT2D eigenvalue weighted by molar-refractivity contribution is 6.33. The van der Waals surface area contributed by atoms with Crippen LogP contribution in [0.3, 0.4) is 0 Å². The summed E-state index contributed by atoms with van der Waals surface area (Å²) in [6, 6.07) is 3.16. The van der Waals surface area contributed by atoms with Crippen LogP contribution >= 0.6 is 11.6 Å². The van der Waals surface area contributed by atoms with Crippen LogP contribution in [0.15, 0.2) is 12.3 Å². The highest BCUT2D eigenvalue weighted by Crippen LogP contribution is 2.35. The molecule has 118 valence electrons. The molecule has 3 nitrogen and oxygen atoms in total. The predicted molar refractivity (Wildman–Crippen MR) is 91.1 cm³/mol. The van der Waals surface area contributed by atoms with Gasteiger partial charge >= 0.3 is 0 Å². The summed E-state index contributed by atoms with van der Waals surface area (Å²) < 4.78 is 0. The van der Waals surface area contributed by atoms with E-state index in [1.54, 1.807) is 0 Å². The third-order valence-corrected chi connectivity index (χ3v) is 4.48. The highest BCUT2D eigenvalue weighted by Gasteiger charge is 2.31. The monoisotopic (exact) mass is 309 g/mol. The fourth-order valence-electron chi connectivity index (χ4n) is 2.98. The molecule has 0 aliphatic carbocycles. The van der Waals surface area contributed by atoms with Gasteiger partial charge in [0, 0.05) is 30.4 Å². The van der Waals surface area contributed by atoms with Crippen LogP contribution in [0.4, 0.5) is 5.82 Å². The zero-order chi connectivity index (χ0) is 15.6. The highest BCUT2D eigenvalue weighted by atomic mass is 35.5. The second-order valence-electron chi connectivity index (χ2n) is 7.15. The van der Waals surface area contributed by atoms with Gasteiger partial charge in [-0.25, -0.2) is 4.98 Å². The Labute approximate surface area is 134 Å². The lowest BCUT2D eigenvalue weighted by molar-refractivity contribution is 0.424. The van der Waals surface area contributed by atoms with Gasteiger partial charge in [-0.2, -0.15) is 0 Å². The van der Waals surface area contributed by atoms with Crippen LogP contribution in [0.5, 0.6) is 0 Å². The van der Waals surface area contributed by atoms with Crippen LogP contribution in [-0.4, -0.2) is 22.6 Å². The Morgan fingerprint density at radius 2 is 2.10 bits per heavy atom. The molecule has 1 fully saturated rings. The number of aromatic nitrogens is 1. The van der Waals surface area contributed by atoms with Crippen LogP contribution < -0.4 is 10.2 Å². The van der Waals surface area contributed by atoms with Gasteiger partial charge < -0.3 is 10.2 Å². The van der Waals surface area contributed by atoms with Crippen LogP contribution in [0.2, 0.25) is 5.02 Å². The number of anilines is 1. The maximum atomic E-state index is 6.52. The Balaban J connectivity index is 2.15. The molecule has 0 aromatic carbocycles. The maximum absolute atomic E-state index is 6.52.